The second kappa shape index (κ2) is 10.5. The van der Waals surface area contributed by atoms with Crippen molar-refractivity contribution in [3.63, 3.8) is 0 Å². The number of hydrogen-bond donors (Lipinski definition) is 3. The molecule has 5 rings (SSSR count). The summed E-state index contributed by atoms with van der Waals surface area (Å²) >= 11 is 0. The van der Waals surface area contributed by atoms with Crippen LogP contribution in [0.2, 0.25) is 0 Å². The predicted molar refractivity (Wildman–Crippen MR) is 146 cm³/mol. The molecule has 2 amide bonds. The van der Waals surface area contributed by atoms with E-state index in [4.69, 9.17) is 4.74 Å². The van der Waals surface area contributed by atoms with E-state index < -0.39 is 12.1 Å². The summed E-state index contributed by atoms with van der Waals surface area (Å²) in [6.07, 6.45) is 11.2. The first-order valence-electron chi connectivity index (χ1n) is 14.5. The van der Waals surface area contributed by atoms with Crippen molar-refractivity contribution in [2.45, 2.75) is 96.7 Å². The number of amides is 2. The van der Waals surface area contributed by atoms with Crippen molar-refractivity contribution in [2.24, 2.45) is 22.7 Å². The highest BCUT2D eigenvalue weighted by molar-refractivity contribution is 5.93. The molecule has 4 unspecified atom stereocenters. The Morgan fingerprint density at radius 2 is 1.82 bits per heavy atom. The Balaban J connectivity index is 1.29. The average Bonchev–Trinajstić information content (AvgIpc) is 3.53. The summed E-state index contributed by atoms with van der Waals surface area (Å²) in [5.41, 5.74) is 0.583. The van der Waals surface area contributed by atoms with Crippen LogP contribution < -0.4 is 5.32 Å². The normalized spacial score (nSPS) is 30.3. The summed E-state index contributed by atoms with van der Waals surface area (Å²) in [6.45, 7) is 7.09. The molecule has 212 valence electrons. The zero-order valence-electron chi connectivity index (χ0n) is 23.3. The van der Waals surface area contributed by atoms with Gasteiger partial charge in [-0.25, -0.2) is 4.79 Å². The number of esters is 1. The summed E-state index contributed by atoms with van der Waals surface area (Å²) in [6, 6.07) is 2.73. The Labute approximate surface area is 230 Å². The van der Waals surface area contributed by atoms with Crippen molar-refractivity contribution in [2.75, 3.05) is 6.54 Å². The number of fused-ring (bicyclic) bond motifs is 2. The summed E-state index contributed by atoms with van der Waals surface area (Å²) in [5, 5.41) is 22.3. The van der Waals surface area contributed by atoms with E-state index in [-0.39, 0.29) is 58.6 Å². The van der Waals surface area contributed by atoms with Gasteiger partial charge in [0, 0.05) is 12.0 Å². The number of rotatable bonds is 7. The number of nitrogens with one attached hydrogen (secondary N) is 1. The first-order valence-corrected chi connectivity index (χ1v) is 14.5. The zero-order valence-corrected chi connectivity index (χ0v) is 23.3. The third-order valence-corrected chi connectivity index (χ3v) is 10.6. The summed E-state index contributed by atoms with van der Waals surface area (Å²) in [7, 11) is 0. The highest BCUT2D eigenvalue weighted by Gasteiger charge is 2.63. The lowest BCUT2D eigenvalue weighted by Crippen LogP contribution is -2.56. The van der Waals surface area contributed by atoms with Gasteiger partial charge in [0.15, 0.2) is 11.5 Å². The minimum Gasteiger partial charge on any atom is -0.504 e. The van der Waals surface area contributed by atoms with Gasteiger partial charge in [-0.05, 0) is 67.1 Å². The number of hydrogen-bond acceptors (Lipinski definition) is 6. The van der Waals surface area contributed by atoms with Crippen LogP contribution in [0.5, 0.6) is 11.5 Å². The summed E-state index contributed by atoms with van der Waals surface area (Å²) < 4.78 is 6.14. The van der Waals surface area contributed by atoms with Crippen LogP contribution in [0.15, 0.2) is 30.4 Å². The molecule has 0 spiro atoms. The number of nitrogens with zero attached hydrogens (tertiary/aromatic N) is 1. The number of ether oxygens (including phenoxy) is 1. The first-order chi connectivity index (χ1) is 18.5. The molecule has 8 heteroatoms. The molecule has 3 fully saturated rings. The maximum atomic E-state index is 14.0. The Morgan fingerprint density at radius 1 is 1.08 bits per heavy atom. The highest BCUT2D eigenvalue weighted by atomic mass is 16.5. The molecule has 0 saturated heterocycles. The van der Waals surface area contributed by atoms with Crippen molar-refractivity contribution in [1.82, 2.24) is 10.2 Å². The summed E-state index contributed by atoms with van der Waals surface area (Å²) in [4.78, 5) is 42.0. The number of phenols is 2. The third-order valence-electron chi connectivity index (χ3n) is 10.6. The molecule has 3 N–H and O–H groups in total. The standard InChI is InChI=1S/C31H42N2O6/c1-30(2)21-13-14-31(30,3)25(18-21)39-29(38)22-10-7-15-33(22)28(37)27(20-8-5-4-6-9-20)32-26(36)17-19-11-12-23(34)24(35)16-19/h7,10-12,16,20-22,25,27,34-35H,4-6,8-9,13-15,17-18H2,1-3H3,(H,32,36)/t21?,22?,25?,27?,31-/m1/s1. The van der Waals surface area contributed by atoms with Crippen molar-refractivity contribution < 1.29 is 29.3 Å². The molecule has 5 atom stereocenters. The van der Waals surface area contributed by atoms with Crippen molar-refractivity contribution in [3.05, 3.63) is 35.9 Å². The number of benzene rings is 1. The van der Waals surface area contributed by atoms with Gasteiger partial charge in [-0.1, -0.05) is 58.3 Å². The number of carbonyl (C=O) groups is 3. The fraction of sp³-hybridized carbons (Fsp3) is 0.645. The molecule has 0 radical (unpaired) electrons. The predicted octanol–water partition coefficient (Wildman–Crippen LogP) is 4.23. The van der Waals surface area contributed by atoms with E-state index in [9.17, 15) is 24.6 Å². The lowest BCUT2D eigenvalue weighted by Gasteiger charge is -2.39. The maximum absolute atomic E-state index is 14.0. The van der Waals surface area contributed by atoms with Gasteiger partial charge in [-0.3, -0.25) is 9.59 Å². The van der Waals surface area contributed by atoms with Gasteiger partial charge in [0.25, 0.3) is 0 Å². The number of phenolic OH excluding ortho intramolecular Hbond substituents is 2. The van der Waals surface area contributed by atoms with Crippen molar-refractivity contribution >= 4 is 17.8 Å². The van der Waals surface area contributed by atoms with Crippen molar-refractivity contribution in [3.8, 4) is 11.5 Å². The molecule has 2 bridgehead atoms. The van der Waals surface area contributed by atoms with E-state index in [0.717, 1.165) is 51.4 Å². The molecule has 0 aromatic heterocycles. The third kappa shape index (κ3) is 5.03. The van der Waals surface area contributed by atoms with Gasteiger partial charge in [0.1, 0.15) is 18.2 Å². The van der Waals surface area contributed by atoms with Crippen LogP contribution in [0.1, 0.15) is 77.7 Å². The molecule has 1 heterocycles. The largest absolute Gasteiger partial charge is 0.504 e. The van der Waals surface area contributed by atoms with Gasteiger partial charge in [-0.15, -0.1) is 0 Å². The average molecular weight is 539 g/mol. The van der Waals surface area contributed by atoms with E-state index in [0.29, 0.717) is 18.0 Å². The van der Waals surface area contributed by atoms with Crippen LogP contribution in [-0.2, 0) is 25.5 Å². The Morgan fingerprint density at radius 3 is 2.46 bits per heavy atom. The zero-order chi connectivity index (χ0) is 27.9. The molecule has 1 aliphatic heterocycles. The molecular weight excluding hydrogens is 496 g/mol. The molecule has 1 aromatic rings. The molecule has 39 heavy (non-hydrogen) atoms. The van der Waals surface area contributed by atoms with E-state index in [2.05, 4.69) is 26.1 Å². The SMILES string of the molecule is CC1(C)C2CC[C@]1(C)C(OC(=O)C1C=CCN1C(=O)C(NC(=O)Cc1ccc(O)c(O)c1)C1CCCCC1)C2. The fourth-order valence-electron chi connectivity index (χ4n) is 7.59. The van der Waals surface area contributed by atoms with Gasteiger partial charge < -0.3 is 25.2 Å². The topological polar surface area (TPSA) is 116 Å². The Bertz CT molecular complexity index is 1160. The van der Waals surface area contributed by atoms with Crippen LogP contribution in [0.25, 0.3) is 0 Å². The number of carbonyl (C=O) groups excluding carboxylic acids is 3. The lowest BCUT2D eigenvalue weighted by atomic mass is 9.70. The van der Waals surface area contributed by atoms with Gasteiger partial charge in [-0.2, -0.15) is 0 Å². The Kier molecular flexibility index (Phi) is 7.42. The van der Waals surface area contributed by atoms with E-state index in [1.54, 1.807) is 17.0 Å². The molecular formula is C31H42N2O6. The van der Waals surface area contributed by atoms with Gasteiger partial charge in [0.2, 0.25) is 11.8 Å². The van der Waals surface area contributed by atoms with Gasteiger partial charge >= 0.3 is 5.97 Å². The molecule has 1 aromatic carbocycles. The van der Waals surface area contributed by atoms with Crippen LogP contribution in [-0.4, -0.2) is 57.6 Å². The molecule has 8 nitrogen and oxygen atoms in total. The molecule has 4 aliphatic rings. The van der Waals surface area contributed by atoms with Crippen LogP contribution in [0.4, 0.5) is 0 Å². The van der Waals surface area contributed by atoms with E-state index in [1.807, 2.05) is 6.08 Å². The second-order valence-corrected chi connectivity index (χ2v) is 12.8. The second-order valence-electron chi connectivity index (χ2n) is 12.8. The van der Waals surface area contributed by atoms with E-state index >= 15 is 0 Å². The quantitative estimate of drug-likeness (QED) is 0.272. The highest BCUT2D eigenvalue weighted by Crippen LogP contribution is 2.66. The van der Waals surface area contributed by atoms with Crippen LogP contribution in [0, 0.1) is 22.7 Å². The minimum atomic E-state index is -0.791. The molecule has 3 aliphatic carbocycles. The van der Waals surface area contributed by atoms with E-state index in [1.165, 1.54) is 12.1 Å². The maximum Gasteiger partial charge on any atom is 0.333 e. The number of aromatic hydroxyl groups is 2. The molecule has 3 saturated carbocycles. The van der Waals surface area contributed by atoms with Crippen LogP contribution >= 0.6 is 0 Å². The summed E-state index contributed by atoms with van der Waals surface area (Å²) in [5.74, 6) is -0.999. The Hall–Kier alpha value is -3.03. The van der Waals surface area contributed by atoms with Gasteiger partial charge in [0.05, 0.1) is 6.42 Å². The van der Waals surface area contributed by atoms with Crippen LogP contribution in [0.3, 0.4) is 0 Å². The van der Waals surface area contributed by atoms with Crippen molar-refractivity contribution in [1.29, 1.82) is 0 Å². The fourth-order valence-corrected chi connectivity index (χ4v) is 7.59. The lowest BCUT2D eigenvalue weighted by molar-refractivity contribution is -0.164. The first kappa shape index (κ1) is 27.5. The monoisotopic (exact) mass is 538 g/mol. The smallest absolute Gasteiger partial charge is 0.333 e. The minimum absolute atomic E-state index is 0.00836.